The van der Waals surface area contributed by atoms with Crippen molar-refractivity contribution in [3.8, 4) is 0 Å². The zero-order chi connectivity index (χ0) is 10.4. The van der Waals surface area contributed by atoms with Crippen molar-refractivity contribution < 1.29 is 9.84 Å². The van der Waals surface area contributed by atoms with Gasteiger partial charge >= 0.3 is 0 Å². The molecule has 0 bridgehead atoms. The van der Waals surface area contributed by atoms with Crippen LogP contribution in [0.1, 0.15) is 32.6 Å². The summed E-state index contributed by atoms with van der Waals surface area (Å²) in [6, 6.07) is 0. The van der Waals surface area contributed by atoms with Crippen molar-refractivity contribution in [2.45, 2.75) is 38.2 Å². The van der Waals surface area contributed by atoms with Crippen molar-refractivity contribution in [1.29, 1.82) is 0 Å². The van der Waals surface area contributed by atoms with E-state index in [-0.39, 0.29) is 0 Å². The lowest BCUT2D eigenvalue weighted by atomic mass is 9.85. The van der Waals surface area contributed by atoms with Gasteiger partial charge in [0.15, 0.2) is 0 Å². The van der Waals surface area contributed by atoms with Crippen molar-refractivity contribution in [2.24, 2.45) is 5.92 Å². The molecule has 0 aromatic heterocycles. The van der Waals surface area contributed by atoms with Crippen molar-refractivity contribution in [3.63, 3.8) is 0 Å². The molecule has 3 nitrogen and oxygen atoms in total. The first-order valence-electron chi connectivity index (χ1n) is 5.56. The first-order chi connectivity index (χ1) is 6.64. The van der Waals surface area contributed by atoms with Crippen LogP contribution >= 0.6 is 0 Å². The van der Waals surface area contributed by atoms with E-state index in [2.05, 4.69) is 5.32 Å². The normalized spacial score (nSPS) is 21.6. The molecule has 1 unspecified atom stereocenters. The fourth-order valence-electron chi connectivity index (χ4n) is 1.65. The smallest absolute Gasteiger partial charge is 0.0765 e. The molecule has 0 aliphatic heterocycles. The van der Waals surface area contributed by atoms with Crippen LogP contribution in [0.4, 0.5) is 0 Å². The molecule has 0 spiro atoms. The van der Waals surface area contributed by atoms with Crippen LogP contribution in [0.15, 0.2) is 0 Å². The molecule has 0 aromatic rings. The molecule has 1 saturated carbocycles. The molecule has 0 saturated heterocycles. The predicted octanol–water partition coefficient (Wildman–Crippen LogP) is 1.16. The summed E-state index contributed by atoms with van der Waals surface area (Å²) in [7, 11) is 1.66. The molecular weight excluding hydrogens is 178 g/mol. The molecule has 1 atom stereocenters. The average Bonchev–Trinajstić information content (AvgIpc) is 2.06. The Morgan fingerprint density at radius 3 is 2.71 bits per heavy atom. The Balaban J connectivity index is 2.02. The number of ether oxygens (including phenoxy) is 1. The number of hydrogen-bond acceptors (Lipinski definition) is 3. The maximum Gasteiger partial charge on any atom is 0.0765 e. The van der Waals surface area contributed by atoms with Gasteiger partial charge in [-0.3, -0.25) is 0 Å². The number of aliphatic hydroxyl groups is 1. The lowest BCUT2D eigenvalue weighted by Crippen LogP contribution is -2.41. The highest BCUT2D eigenvalue weighted by molar-refractivity contribution is 4.78. The van der Waals surface area contributed by atoms with Gasteiger partial charge in [0, 0.05) is 26.7 Å². The molecular formula is C11H23NO2. The van der Waals surface area contributed by atoms with Gasteiger partial charge in [0.25, 0.3) is 0 Å². The quantitative estimate of drug-likeness (QED) is 0.649. The second-order valence-corrected chi connectivity index (χ2v) is 4.67. The summed E-state index contributed by atoms with van der Waals surface area (Å²) in [6.45, 7) is 4.22. The highest BCUT2D eigenvalue weighted by Crippen LogP contribution is 2.25. The summed E-state index contributed by atoms with van der Waals surface area (Å²) >= 11 is 0. The summed E-state index contributed by atoms with van der Waals surface area (Å²) in [6.07, 6.45) is 4.79. The fourth-order valence-corrected chi connectivity index (χ4v) is 1.65. The van der Waals surface area contributed by atoms with Crippen molar-refractivity contribution >= 4 is 0 Å². The zero-order valence-electron chi connectivity index (χ0n) is 9.38. The molecule has 1 aliphatic carbocycles. The molecule has 1 aliphatic rings. The number of nitrogens with one attached hydrogen (secondary N) is 1. The minimum Gasteiger partial charge on any atom is -0.389 e. The maximum absolute atomic E-state index is 9.91. The van der Waals surface area contributed by atoms with Crippen LogP contribution in [0.5, 0.6) is 0 Å². The van der Waals surface area contributed by atoms with Gasteiger partial charge in [0.2, 0.25) is 0 Å². The van der Waals surface area contributed by atoms with Crippen molar-refractivity contribution in [1.82, 2.24) is 5.32 Å². The van der Waals surface area contributed by atoms with Gasteiger partial charge < -0.3 is 15.2 Å². The summed E-state index contributed by atoms with van der Waals surface area (Å²) in [5, 5.41) is 13.2. The Morgan fingerprint density at radius 1 is 1.50 bits per heavy atom. The lowest BCUT2D eigenvalue weighted by molar-refractivity contribution is 0.0236. The van der Waals surface area contributed by atoms with E-state index in [4.69, 9.17) is 4.74 Å². The van der Waals surface area contributed by atoms with Crippen molar-refractivity contribution in [2.75, 3.05) is 26.8 Å². The van der Waals surface area contributed by atoms with E-state index in [9.17, 15) is 5.11 Å². The van der Waals surface area contributed by atoms with Crippen LogP contribution in [0.2, 0.25) is 0 Å². The van der Waals surface area contributed by atoms with Gasteiger partial charge in [-0.1, -0.05) is 6.42 Å². The Bertz CT molecular complexity index is 155. The van der Waals surface area contributed by atoms with E-state index in [0.717, 1.165) is 12.5 Å². The highest BCUT2D eigenvalue weighted by Gasteiger charge is 2.21. The first kappa shape index (κ1) is 12.0. The third-order valence-corrected chi connectivity index (χ3v) is 3.01. The van der Waals surface area contributed by atoms with Gasteiger partial charge in [-0.25, -0.2) is 0 Å². The summed E-state index contributed by atoms with van der Waals surface area (Å²) in [5.74, 6) is 0.855. The summed E-state index contributed by atoms with van der Waals surface area (Å²) in [4.78, 5) is 0. The third kappa shape index (κ3) is 4.40. The van der Waals surface area contributed by atoms with E-state index in [1.165, 1.54) is 19.3 Å². The first-order valence-corrected chi connectivity index (χ1v) is 5.56. The minimum absolute atomic E-state index is 0.623. The average molecular weight is 201 g/mol. The number of methoxy groups -OCH3 is 1. The van der Waals surface area contributed by atoms with Crippen LogP contribution in [-0.2, 0) is 4.74 Å². The van der Waals surface area contributed by atoms with Crippen LogP contribution in [-0.4, -0.2) is 37.5 Å². The molecule has 3 heteroatoms. The van der Waals surface area contributed by atoms with Gasteiger partial charge in [-0.2, -0.15) is 0 Å². The van der Waals surface area contributed by atoms with E-state index in [0.29, 0.717) is 19.6 Å². The zero-order valence-corrected chi connectivity index (χ0v) is 9.38. The van der Waals surface area contributed by atoms with Gasteiger partial charge in [-0.15, -0.1) is 0 Å². The number of rotatable bonds is 7. The summed E-state index contributed by atoms with van der Waals surface area (Å²) in [5.41, 5.74) is -0.625. The van der Waals surface area contributed by atoms with Crippen LogP contribution < -0.4 is 5.32 Å². The van der Waals surface area contributed by atoms with E-state index >= 15 is 0 Å². The highest BCUT2D eigenvalue weighted by atomic mass is 16.5. The SMILES string of the molecule is COCCC(C)(O)CNCC1CCC1. The Morgan fingerprint density at radius 2 is 2.21 bits per heavy atom. The van der Waals surface area contributed by atoms with Gasteiger partial charge in [0.05, 0.1) is 5.60 Å². The second-order valence-electron chi connectivity index (χ2n) is 4.67. The van der Waals surface area contributed by atoms with Crippen molar-refractivity contribution in [3.05, 3.63) is 0 Å². The van der Waals surface area contributed by atoms with E-state index < -0.39 is 5.60 Å². The molecule has 0 amide bonds. The lowest BCUT2D eigenvalue weighted by Gasteiger charge is -2.28. The van der Waals surface area contributed by atoms with Crippen LogP contribution in [0, 0.1) is 5.92 Å². The minimum atomic E-state index is -0.625. The van der Waals surface area contributed by atoms with E-state index in [1.807, 2.05) is 6.92 Å². The predicted molar refractivity (Wildman–Crippen MR) is 57.3 cm³/mol. The molecule has 0 aromatic carbocycles. The van der Waals surface area contributed by atoms with Crippen LogP contribution in [0.3, 0.4) is 0 Å². The number of hydrogen-bond donors (Lipinski definition) is 2. The summed E-state index contributed by atoms with van der Waals surface area (Å²) < 4.78 is 4.95. The largest absolute Gasteiger partial charge is 0.389 e. The third-order valence-electron chi connectivity index (χ3n) is 3.01. The standard InChI is InChI=1S/C11H23NO2/c1-11(13,6-7-14-2)9-12-8-10-4-3-5-10/h10,12-13H,3-9H2,1-2H3. The van der Waals surface area contributed by atoms with Gasteiger partial charge in [0.1, 0.15) is 0 Å². The fraction of sp³-hybridized carbons (Fsp3) is 1.00. The molecule has 14 heavy (non-hydrogen) atoms. The molecule has 0 radical (unpaired) electrons. The molecule has 84 valence electrons. The second kappa shape index (κ2) is 5.69. The topological polar surface area (TPSA) is 41.5 Å². The monoisotopic (exact) mass is 201 g/mol. The van der Waals surface area contributed by atoms with Gasteiger partial charge in [-0.05, 0) is 32.2 Å². The van der Waals surface area contributed by atoms with E-state index in [1.54, 1.807) is 7.11 Å². The molecule has 0 heterocycles. The Labute approximate surface area is 86.8 Å². The van der Waals surface area contributed by atoms with Crippen LogP contribution in [0.25, 0.3) is 0 Å². The molecule has 1 fully saturated rings. The molecule has 2 N–H and O–H groups in total. The Hall–Kier alpha value is -0.120. The Kier molecular flexibility index (Phi) is 4.85. The molecule has 1 rings (SSSR count). The maximum atomic E-state index is 9.91.